The molecule has 0 atom stereocenters. The van der Waals surface area contributed by atoms with Crippen LogP contribution in [0.2, 0.25) is 0 Å². The molecule has 0 fully saturated rings. The summed E-state index contributed by atoms with van der Waals surface area (Å²) >= 11 is 0. The maximum Gasteiger partial charge on any atom is 0.154 e. The van der Waals surface area contributed by atoms with Crippen molar-refractivity contribution in [1.82, 2.24) is 0 Å². The Hall–Kier alpha value is -2.20. The van der Waals surface area contributed by atoms with Gasteiger partial charge in [0.25, 0.3) is 0 Å². The predicted octanol–water partition coefficient (Wildman–Crippen LogP) is 2.95. The first-order valence-electron chi connectivity index (χ1n) is 6.13. The molecule has 0 heterocycles. The number of rotatable bonds is 5. The van der Waals surface area contributed by atoms with Gasteiger partial charge in [-0.3, -0.25) is 0 Å². The van der Waals surface area contributed by atoms with Gasteiger partial charge in [-0.25, -0.2) is 0 Å². The standard InChI is InChI=1S/C15H17NO3/c1-2-18-13-4-3-5-14(15(13)16)19-12-8-6-11(10-17)7-9-12/h3-9,17H,2,10,16H2,1H3. The molecule has 2 aromatic carbocycles. The van der Waals surface area contributed by atoms with Crippen LogP contribution in [0.25, 0.3) is 0 Å². The molecule has 0 spiro atoms. The fourth-order valence-corrected chi connectivity index (χ4v) is 1.68. The lowest BCUT2D eigenvalue weighted by Crippen LogP contribution is -1.99. The van der Waals surface area contributed by atoms with Gasteiger partial charge in [-0.2, -0.15) is 0 Å². The maximum absolute atomic E-state index is 8.98. The summed E-state index contributed by atoms with van der Waals surface area (Å²) in [7, 11) is 0. The largest absolute Gasteiger partial charge is 0.492 e. The van der Waals surface area contributed by atoms with Crippen molar-refractivity contribution >= 4 is 5.69 Å². The Morgan fingerprint density at radius 3 is 2.37 bits per heavy atom. The van der Waals surface area contributed by atoms with Gasteiger partial charge in [0, 0.05) is 0 Å². The summed E-state index contributed by atoms with van der Waals surface area (Å²) in [5.74, 6) is 1.84. The van der Waals surface area contributed by atoms with Gasteiger partial charge in [-0.15, -0.1) is 0 Å². The van der Waals surface area contributed by atoms with Crippen LogP contribution in [-0.2, 0) is 6.61 Å². The van der Waals surface area contributed by atoms with Crippen molar-refractivity contribution in [3.8, 4) is 17.2 Å². The molecule has 0 saturated heterocycles. The van der Waals surface area contributed by atoms with Gasteiger partial charge in [0.05, 0.1) is 13.2 Å². The molecule has 0 radical (unpaired) electrons. The zero-order valence-electron chi connectivity index (χ0n) is 10.8. The summed E-state index contributed by atoms with van der Waals surface area (Å²) in [5.41, 5.74) is 7.30. The van der Waals surface area contributed by atoms with E-state index >= 15 is 0 Å². The molecule has 19 heavy (non-hydrogen) atoms. The lowest BCUT2D eigenvalue weighted by Gasteiger charge is -2.12. The molecule has 0 unspecified atom stereocenters. The van der Waals surface area contributed by atoms with Crippen molar-refractivity contribution in [2.45, 2.75) is 13.5 Å². The fraction of sp³-hybridized carbons (Fsp3) is 0.200. The molecule has 0 aliphatic carbocycles. The smallest absolute Gasteiger partial charge is 0.154 e. The van der Waals surface area contributed by atoms with Crippen LogP contribution in [-0.4, -0.2) is 11.7 Å². The third kappa shape index (κ3) is 3.17. The average molecular weight is 259 g/mol. The van der Waals surface area contributed by atoms with Gasteiger partial charge < -0.3 is 20.3 Å². The van der Waals surface area contributed by atoms with Crippen LogP contribution >= 0.6 is 0 Å². The Bertz CT molecular complexity index is 538. The quantitative estimate of drug-likeness (QED) is 0.810. The number of aliphatic hydroxyl groups is 1. The van der Waals surface area contributed by atoms with E-state index in [0.717, 1.165) is 5.56 Å². The minimum absolute atomic E-state index is 0.0161. The molecule has 0 bridgehead atoms. The Balaban J connectivity index is 2.20. The van der Waals surface area contributed by atoms with Gasteiger partial charge >= 0.3 is 0 Å². The van der Waals surface area contributed by atoms with Gasteiger partial charge in [0.2, 0.25) is 0 Å². The van der Waals surface area contributed by atoms with Gasteiger partial charge in [-0.1, -0.05) is 18.2 Å². The van der Waals surface area contributed by atoms with E-state index in [0.29, 0.717) is 29.5 Å². The van der Waals surface area contributed by atoms with Crippen molar-refractivity contribution in [2.24, 2.45) is 0 Å². The average Bonchev–Trinajstić information content (AvgIpc) is 2.44. The highest BCUT2D eigenvalue weighted by Crippen LogP contribution is 2.34. The van der Waals surface area contributed by atoms with Crippen molar-refractivity contribution in [1.29, 1.82) is 0 Å². The molecule has 2 aromatic rings. The van der Waals surface area contributed by atoms with Gasteiger partial charge in [0.15, 0.2) is 5.75 Å². The number of hydrogen-bond acceptors (Lipinski definition) is 4. The monoisotopic (exact) mass is 259 g/mol. The molecule has 0 aliphatic rings. The summed E-state index contributed by atoms with van der Waals surface area (Å²) in [5, 5.41) is 8.98. The SMILES string of the molecule is CCOc1cccc(Oc2ccc(CO)cc2)c1N. The van der Waals surface area contributed by atoms with Crippen LogP contribution in [0, 0.1) is 0 Å². The van der Waals surface area contributed by atoms with E-state index < -0.39 is 0 Å². The predicted molar refractivity (Wildman–Crippen MR) is 74.5 cm³/mol. The molecule has 0 saturated carbocycles. The molecular weight excluding hydrogens is 242 g/mol. The van der Waals surface area contributed by atoms with E-state index in [-0.39, 0.29) is 6.61 Å². The van der Waals surface area contributed by atoms with E-state index in [1.807, 2.05) is 13.0 Å². The maximum atomic E-state index is 8.98. The van der Waals surface area contributed by atoms with Crippen LogP contribution < -0.4 is 15.2 Å². The fourth-order valence-electron chi connectivity index (χ4n) is 1.68. The van der Waals surface area contributed by atoms with Crippen LogP contribution in [0.5, 0.6) is 17.2 Å². The van der Waals surface area contributed by atoms with Gasteiger partial charge in [-0.05, 0) is 36.8 Å². The Kier molecular flexibility index (Phi) is 4.26. The second-order valence-electron chi connectivity index (χ2n) is 4.01. The third-order valence-electron chi connectivity index (χ3n) is 2.66. The molecule has 0 amide bonds. The Morgan fingerprint density at radius 1 is 1.05 bits per heavy atom. The van der Waals surface area contributed by atoms with Crippen molar-refractivity contribution in [3.05, 3.63) is 48.0 Å². The van der Waals surface area contributed by atoms with E-state index in [1.165, 1.54) is 0 Å². The molecular formula is C15H17NO3. The molecule has 4 nitrogen and oxygen atoms in total. The Labute approximate surface area is 112 Å². The molecule has 3 N–H and O–H groups in total. The second-order valence-corrected chi connectivity index (χ2v) is 4.01. The van der Waals surface area contributed by atoms with Crippen LogP contribution in [0.3, 0.4) is 0 Å². The van der Waals surface area contributed by atoms with Crippen LogP contribution in [0.1, 0.15) is 12.5 Å². The van der Waals surface area contributed by atoms with Crippen molar-refractivity contribution in [2.75, 3.05) is 12.3 Å². The highest BCUT2D eigenvalue weighted by Gasteiger charge is 2.07. The number of nitrogen functional groups attached to an aromatic ring is 1. The van der Waals surface area contributed by atoms with Crippen molar-refractivity contribution < 1.29 is 14.6 Å². The topological polar surface area (TPSA) is 64.7 Å². The summed E-state index contributed by atoms with van der Waals surface area (Å²) in [4.78, 5) is 0. The van der Waals surface area contributed by atoms with E-state index in [2.05, 4.69) is 0 Å². The second kappa shape index (κ2) is 6.11. The number of nitrogens with two attached hydrogens (primary N) is 1. The molecule has 4 heteroatoms. The number of hydrogen-bond donors (Lipinski definition) is 2. The molecule has 2 rings (SSSR count). The third-order valence-corrected chi connectivity index (χ3v) is 2.66. The summed E-state index contributed by atoms with van der Waals surface area (Å²) in [6.07, 6.45) is 0. The lowest BCUT2D eigenvalue weighted by atomic mass is 10.2. The highest BCUT2D eigenvalue weighted by molar-refractivity contribution is 5.63. The van der Waals surface area contributed by atoms with E-state index in [9.17, 15) is 0 Å². The van der Waals surface area contributed by atoms with E-state index in [1.54, 1.807) is 36.4 Å². The molecule has 100 valence electrons. The molecule has 0 aromatic heterocycles. The zero-order chi connectivity index (χ0) is 13.7. The lowest BCUT2D eigenvalue weighted by molar-refractivity contribution is 0.281. The highest BCUT2D eigenvalue weighted by atomic mass is 16.5. The number of benzene rings is 2. The first kappa shape index (κ1) is 13.2. The van der Waals surface area contributed by atoms with E-state index in [4.69, 9.17) is 20.3 Å². The minimum Gasteiger partial charge on any atom is -0.492 e. The van der Waals surface area contributed by atoms with Crippen molar-refractivity contribution in [3.63, 3.8) is 0 Å². The summed E-state index contributed by atoms with van der Waals surface area (Å²) < 4.78 is 11.1. The first-order chi connectivity index (χ1) is 9.24. The number of ether oxygens (including phenoxy) is 2. The van der Waals surface area contributed by atoms with Crippen LogP contribution in [0.4, 0.5) is 5.69 Å². The number of para-hydroxylation sites is 1. The normalized spacial score (nSPS) is 10.2. The minimum atomic E-state index is 0.0161. The summed E-state index contributed by atoms with van der Waals surface area (Å²) in [6.45, 7) is 2.47. The number of anilines is 1. The van der Waals surface area contributed by atoms with Crippen LogP contribution in [0.15, 0.2) is 42.5 Å². The van der Waals surface area contributed by atoms with Gasteiger partial charge in [0.1, 0.15) is 17.2 Å². The Morgan fingerprint density at radius 2 is 1.74 bits per heavy atom. The zero-order valence-corrected chi connectivity index (χ0v) is 10.8. The molecule has 0 aliphatic heterocycles. The summed E-state index contributed by atoms with van der Waals surface area (Å²) in [6, 6.07) is 12.6. The first-order valence-corrected chi connectivity index (χ1v) is 6.13. The number of aliphatic hydroxyl groups excluding tert-OH is 1.